The molecule has 50 heavy (non-hydrogen) atoms. The number of benzene rings is 2. The van der Waals surface area contributed by atoms with Gasteiger partial charge < -0.3 is 24.4 Å². The molecule has 2 aromatic rings. The van der Waals surface area contributed by atoms with Crippen molar-refractivity contribution in [1.82, 2.24) is 14.7 Å². The maximum atomic E-state index is 15.4. The number of hydrogen-bond donors (Lipinski definition) is 1. The second kappa shape index (κ2) is 18.5. The van der Waals surface area contributed by atoms with Crippen LogP contribution in [0.5, 0.6) is 5.75 Å². The molecule has 4 aliphatic heterocycles. The van der Waals surface area contributed by atoms with Crippen molar-refractivity contribution in [2.75, 3.05) is 91.2 Å². The lowest BCUT2D eigenvalue weighted by Crippen LogP contribution is -2.52. The van der Waals surface area contributed by atoms with E-state index in [4.69, 9.17) is 14.2 Å². The molecule has 11 heteroatoms. The van der Waals surface area contributed by atoms with E-state index < -0.39 is 17.2 Å². The van der Waals surface area contributed by atoms with Crippen LogP contribution in [0.25, 0.3) is 0 Å². The fourth-order valence-electron chi connectivity index (χ4n) is 8.11. The smallest absolute Gasteiger partial charge is 0.132 e. The largest absolute Gasteiger partial charge is 0.492 e. The van der Waals surface area contributed by atoms with Crippen LogP contribution in [0.3, 0.4) is 0 Å². The molecule has 0 aliphatic carbocycles. The van der Waals surface area contributed by atoms with Gasteiger partial charge in [-0.3, -0.25) is 14.8 Å². The van der Waals surface area contributed by atoms with E-state index in [-0.39, 0.29) is 1.43 Å². The van der Waals surface area contributed by atoms with E-state index in [9.17, 15) is 4.39 Å². The first-order valence-electron chi connectivity index (χ1n) is 18.8. The Kier molecular flexibility index (Phi) is 13.6. The van der Waals surface area contributed by atoms with Gasteiger partial charge in [-0.2, -0.15) is 0 Å². The lowest BCUT2D eigenvalue weighted by Gasteiger charge is -2.44. The Morgan fingerprint density at radius 3 is 2.48 bits per heavy atom. The molecule has 0 aromatic heterocycles. The molecule has 4 heterocycles. The van der Waals surface area contributed by atoms with Crippen LogP contribution < -0.4 is 10.1 Å². The summed E-state index contributed by atoms with van der Waals surface area (Å²) in [6, 6.07) is 13.4. The Hall–Kier alpha value is -2.96. The van der Waals surface area contributed by atoms with E-state index in [0.29, 0.717) is 49.7 Å². The van der Waals surface area contributed by atoms with E-state index in [2.05, 4.69) is 54.3 Å². The number of halogens is 2. The van der Waals surface area contributed by atoms with Crippen molar-refractivity contribution >= 4 is 18.2 Å². The molecular formula is C39H58F2N6O3. The van der Waals surface area contributed by atoms with Crippen LogP contribution in [0, 0.1) is 17.6 Å². The van der Waals surface area contributed by atoms with Gasteiger partial charge in [0.15, 0.2) is 0 Å². The van der Waals surface area contributed by atoms with Crippen molar-refractivity contribution in [3.8, 4) is 5.75 Å². The first kappa shape index (κ1) is 36.8. The molecule has 2 atom stereocenters. The van der Waals surface area contributed by atoms with E-state index in [1.54, 1.807) is 19.5 Å². The zero-order valence-electron chi connectivity index (χ0n) is 29.8. The van der Waals surface area contributed by atoms with Crippen molar-refractivity contribution in [3.63, 3.8) is 0 Å². The van der Waals surface area contributed by atoms with Crippen LogP contribution in [0.15, 0.2) is 52.4 Å². The molecule has 0 saturated carbocycles. The highest BCUT2D eigenvalue weighted by atomic mass is 19.1. The van der Waals surface area contributed by atoms with Gasteiger partial charge in [0, 0.05) is 83.4 Å². The standard InChI is InChI=1S/C39H56F2N6O3.H2/c1-42-30-43-16-10-31-3-2-15-39(50-28-31,37-9-4-32(40)27-38(37)41)29-46-17-13-35(14-18-46)47-19-11-34(12-20-47)44-33-5-7-36(8-6-33)49-26-23-45-21-24-48-25-22-45;/h4-9,16,27,30-31,34-35,44H,2-3,10-15,17-26,28-29H2,1H3;1H. The van der Waals surface area contributed by atoms with E-state index in [1.807, 2.05) is 6.21 Å². The average Bonchev–Trinajstić information content (AvgIpc) is 3.34. The third-order valence-corrected chi connectivity index (χ3v) is 11.0. The van der Waals surface area contributed by atoms with Crippen LogP contribution >= 0.6 is 0 Å². The summed E-state index contributed by atoms with van der Waals surface area (Å²) < 4.78 is 47.4. The number of anilines is 1. The third kappa shape index (κ3) is 10.3. The van der Waals surface area contributed by atoms with Crippen LogP contribution in [0.2, 0.25) is 0 Å². The predicted molar refractivity (Wildman–Crippen MR) is 198 cm³/mol. The number of likely N-dealkylation sites (tertiary alicyclic amines) is 2. The number of rotatable bonds is 13. The van der Waals surface area contributed by atoms with E-state index in [1.165, 1.54) is 6.07 Å². The van der Waals surface area contributed by atoms with Crippen LogP contribution in [-0.2, 0) is 15.1 Å². The minimum Gasteiger partial charge on any atom is -0.492 e. The first-order valence-corrected chi connectivity index (χ1v) is 18.8. The van der Waals surface area contributed by atoms with Crippen molar-refractivity contribution in [1.29, 1.82) is 0 Å². The highest BCUT2D eigenvalue weighted by Gasteiger charge is 2.41. The second-order valence-corrected chi connectivity index (χ2v) is 14.4. The Morgan fingerprint density at radius 2 is 1.74 bits per heavy atom. The number of nitrogens with zero attached hydrogens (tertiary/aromatic N) is 5. The van der Waals surface area contributed by atoms with Gasteiger partial charge in [0.1, 0.15) is 35.9 Å². The van der Waals surface area contributed by atoms with Gasteiger partial charge in [-0.25, -0.2) is 13.8 Å². The molecule has 2 aromatic carbocycles. The summed E-state index contributed by atoms with van der Waals surface area (Å²) in [5, 5.41) is 3.75. The number of ether oxygens (including phenoxy) is 3. The summed E-state index contributed by atoms with van der Waals surface area (Å²) in [4.78, 5) is 15.6. The van der Waals surface area contributed by atoms with Crippen molar-refractivity contribution in [2.45, 2.75) is 69.1 Å². The molecule has 2 unspecified atom stereocenters. The summed E-state index contributed by atoms with van der Waals surface area (Å²) in [6.07, 6.45) is 11.3. The summed E-state index contributed by atoms with van der Waals surface area (Å²) in [5.41, 5.74) is 0.836. The van der Waals surface area contributed by atoms with Crippen LogP contribution in [0.4, 0.5) is 14.5 Å². The van der Waals surface area contributed by atoms with Gasteiger partial charge in [0.2, 0.25) is 0 Å². The molecular weight excluding hydrogens is 638 g/mol. The SMILES string of the molecule is CN=CN=CCC1CCCC(CN2CCC(N3CCC(Nc4ccc(OCCN5CCOCC5)cc4)CC3)CC2)(c2ccc(F)cc2F)OC1.[HH]. The molecule has 276 valence electrons. The fraction of sp³-hybridized carbons (Fsp3) is 0.641. The van der Waals surface area contributed by atoms with Crippen LogP contribution in [-0.4, -0.2) is 125 Å². The first-order chi connectivity index (χ1) is 24.5. The monoisotopic (exact) mass is 696 g/mol. The molecule has 9 nitrogen and oxygen atoms in total. The third-order valence-electron chi connectivity index (χ3n) is 11.0. The predicted octanol–water partition coefficient (Wildman–Crippen LogP) is 6.09. The Morgan fingerprint density at radius 1 is 0.960 bits per heavy atom. The molecule has 0 radical (unpaired) electrons. The van der Waals surface area contributed by atoms with Crippen molar-refractivity contribution in [2.24, 2.45) is 15.9 Å². The molecule has 0 amide bonds. The molecule has 4 saturated heterocycles. The zero-order chi connectivity index (χ0) is 34.6. The lowest BCUT2D eigenvalue weighted by atomic mass is 9.86. The Bertz CT molecular complexity index is 1380. The fourth-order valence-corrected chi connectivity index (χ4v) is 8.11. The number of nitrogens with one attached hydrogen (secondary N) is 1. The normalized spacial score (nSPS) is 25.7. The van der Waals surface area contributed by atoms with Crippen molar-refractivity contribution in [3.05, 3.63) is 59.7 Å². The maximum Gasteiger partial charge on any atom is 0.132 e. The number of morpholine rings is 1. The van der Waals surface area contributed by atoms with Gasteiger partial charge in [-0.15, -0.1) is 0 Å². The Balaban J connectivity index is 0.00000504. The van der Waals surface area contributed by atoms with Gasteiger partial charge in [-0.1, -0.05) is 6.07 Å². The Labute approximate surface area is 298 Å². The highest BCUT2D eigenvalue weighted by molar-refractivity contribution is 5.72. The molecule has 1 N–H and O–H groups in total. The molecule has 0 bridgehead atoms. The minimum absolute atomic E-state index is 0. The lowest BCUT2D eigenvalue weighted by molar-refractivity contribution is -0.0848. The summed E-state index contributed by atoms with van der Waals surface area (Å²) in [7, 11) is 1.70. The number of aliphatic imine (C=N–C) groups is 2. The molecule has 4 aliphatic rings. The average molecular weight is 697 g/mol. The molecule has 0 spiro atoms. The van der Waals surface area contributed by atoms with Crippen molar-refractivity contribution < 1.29 is 24.4 Å². The summed E-state index contributed by atoms with van der Waals surface area (Å²) >= 11 is 0. The van der Waals surface area contributed by atoms with Gasteiger partial charge in [0.25, 0.3) is 0 Å². The quantitative estimate of drug-likeness (QED) is 0.201. The van der Waals surface area contributed by atoms with Gasteiger partial charge in [0.05, 0.1) is 19.8 Å². The van der Waals surface area contributed by atoms with E-state index in [0.717, 1.165) is 121 Å². The summed E-state index contributed by atoms with van der Waals surface area (Å²) in [5.74, 6) is 0.151. The molecule has 6 rings (SSSR count). The number of hydrogen-bond acceptors (Lipinski definition) is 8. The van der Waals surface area contributed by atoms with Gasteiger partial charge in [-0.05, 0) is 101 Å². The topological polar surface area (TPSA) is 74.2 Å². The molecule has 4 fully saturated rings. The number of piperidine rings is 2. The summed E-state index contributed by atoms with van der Waals surface area (Å²) in [6.45, 7) is 10.4. The van der Waals surface area contributed by atoms with Gasteiger partial charge >= 0.3 is 0 Å². The van der Waals surface area contributed by atoms with Crippen LogP contribution in [0.1, 0.15) is 58.4 Å². The highest BCUT2D eigenvalue weighted by Crippen LogP contribution is 2.39. The maximum absolute atomic E-state index is 15.4. The zero-order valence-corrected chi connectivity index (χ0v) is 29.8. The second-order valence-electron chi connectivity index (χ2n) is 14.4. The minimum atomic E-state index is -0.793. The van der Waals surface area contributed by atoms with E-state index >= 15 is 4.39 Å².